The summed E-state index contributed by atoms with van der Waals surface area (Å²) in [6.07, 6.45) is 0.0215. The average molecular weight is 279 g/mol. The smallest absolute Gasteiger partial charge is 0.307 e. The van der Waals surface area contributed by atoms with Crippen LogP contribution in [0.25, 0.3) is 0 Å². The van der Waals surface area contributed by atoms with Gasteiger partial charge in [-0.1, -0.05) is 53.7 Å². The molecule has 0 heterocycles. The van der Waals surface area contributed by atoms with Gasteiger partial charge in [0.25, 0.3) is 0 Å². The summed E-state index contributed by atoms with van der Waals surface area (Å²) in [6.45, 7) is 0. The van der Waals surface area contributed by atoms with E-state index in [1.54, 1.807) is 0 Å². The van der Waals surface area contributed by atoms with E-state index in [9.17, 15) is 4.79 Å². The maximum Gasteiger partial charge on any atom is 0.307 e. The Labute approximate surface area is 115 Å². The molecule has 0 spiro atoms. The lowest BCUT2D eigenvalue weighted by Gasteiger charge is -2.08. The molecular formula is C14H11ClO2S. The summed E-state index contributed by atoms with van der Waals surface area (Å²) < 4.78 is 0. The lowest BCUT2D eigenvalue weighted by Crippen LogP contribution is -2.01. The normalized spacial score (nSPS) is 10.3. The number of carbonyl (C=O) groups is 1. The van der Waals surface area contributed by atoms with Gasteiger partial charge in [0.2, 0.25) is 0 Å². The molecule has 0 saturated heterocycles. The molecule has 4 heteroatoms. The molecule has 92 valence electrons. The first-order chi connectivity index (χ1) is 8.66. The van der Waals surface area contributed by atoms with Gasteiger partial charge in [0, 0.05) is 9.79 Å². The summed E-state index contributed by atoms with van der Waals surface area (Å²) in [5.74, 6) is -0.831. The first-order valence-electron chi connectivity index (χ1n) is 5.39. The summed E-state index contributed by atoms with van der Waals surface area (Å²) in [4.78, 5) is 12.7. The van der Waals surface area contributed by atoms with Crippen molar-refractivity contribution < 1.29 is 9.90 Å². The molecule has 2 aromatic rings. The summed E-state index contributed by atoms with van der Waals surface area (Å²) >= 11 is 7.58. The molecule has 0 unspecified atom stereocenters. The van der Waals surface area contributed by atoms with Crippen molar-refractivity contribution in [3.8, 4) is 0 Å². The fraction of sp³-hybridized carbons (Fsp3) is 0.0714. The number of halogens is 1. The molecule has 0 bridgehead atoms. The van der Waals surface area contributed by atoms with Gasteiger partial charge in [-0.3, -0.25) is 4.79 Å². The van der Waals surface area contributed by atoms with E-state index >= 15 is 0 Å². The van der Waals surface area contributed by atoms with Crippen LogP contribution in [0.4, 0.5) is 0 Å². The van der Waals surface area contributed by atoms with Gasteiger partial charge in [0.1, 0.15) is 0 Å². The van der Waals surface area contributed by atoms with Crippen molar-refractivity contribution in [2.24, 2.45) is 0 Å². The van der Waals surface area contributed by atoms with Crippen molar-refractivity contribution in [3.63, 3.8) is 0 Å². The van der Waals surface area contributed by atoms with E-state index in [2.05, 4.69) is 0 Å². The second-order valence-corrected chi connectivity index (χ2v) is 5.20. The second-order valence-electron chi connectivity index (χ2n) is 3.71. The summed E-state index contributed by atoms with van der Waals surface area (Å²) in [7, 11) is 0. The molecule has 0 aliphatic rings. The van der Waals surface area contributed by atoms with Crippen LogP contribution < -0.4 is 0 Å². The Kier molecular flexibility index (Phi) is 4.28. The Bertz CT molecular complexity index is 569. The first kappa shape index (κ1) is 13.0. The summed E-state index contributed by atoms with van der Waals surface area (Å²) in [5.41, 5.74) is 0.801. The van der Waals surface area contributed by atoms with Crippen LogP contribution >= 0.6 is 23.4 Å². The number of carboxylic acid groups (broad SMARTS) is 1. The number of hydrogen-bond acceptors (Lipinski definition) is 2. The highest BCUT2D eigenvalue weighted by Gasteiger charge is 2.09. The third-order valence-corrected chi connectivity index (χ3v) is 4.01. The number of rotatable bonds is 4. The Morgan fingerprint density at radius 2 is 1.67 bits per heavy atom. The number of benzene rings is 2. The number of carboxylic acids is 1. The molecule has 1 N–H and O–H groups in total. The lowest BCUT2D eigenvalue weighted by molar-refractivity contribution is -0.136. The molecule has 0 aliphatic heterocycles. The number of aliphatic carboxylic acids is 1. The SMILES string of the molecule is O=C(O)Cc1ccccc1Sc1ccccc1Cl. The number of hydrogen-bond donors (Lipinski definition) is 1. The van der Waals surface area contributed by atoms with Crippen LogP contribution in [0.5, 0.6) is 0 Å². The third kappa shape index (κ3) is 3.28. The fourth-order valence-corrected chi connectivity index (χ4v) is 2.78. The topological polar surface area (TPSA) is 37.3 Å². The van der Waals surface area contributed by atoms with Crippen molar-refractivity contribution in [3.05, 3.63) is 59.1 Å². The molecule has 2 aromatic carbocycles. The zero-order valence-corrected chi connectivity index (χ0v) is 11.0. The van der Waals surface area contributed by atoms with Crippen molar-refractivity contribution >= 4 is 29.3 Å². The van der Waals surface area contributed by atoms with Crippen LogP contribution in [0.1, 0.15) is 5.56 Å². The van der Waals surface area contributed by atoms with E-state index in [1.165, 1.54) is 11.8 Å². The first-order valence-corrected chi connectivity index (χ1v) is 6.58. The van der Waals surface area contributed by atoms with Crippen LogP contribution in [0.3, 0.4) is 0 Å². The van der Waals surface area contributed by atoms with E-state index in [-0.39, 0.29) is 6.42 Å². The van der Waals surface area contributed by atoms with Gasteiger partial charge in [-0.2, -0.15) is 0 Å². The minimum absolute atomic E-state index is 0.0215. The highest BCUT2D eigenvalue weighted by atomic mass is 35.5. The summed E-state index contributed by atoms with van der Waals surface area (Å²) in [5, 5.41) is 9.55. The highest BCUT2D eigenvalue weighted by molar-refractivity contribution is 7.99. The van der Waals surface area contributed by atoms with Crippen LogP contribution in [-0.2, 0) is 11.2 Å². The molecule has 0 fully saturated rings. The lowest BCUT2D eigenvalue weighted by atomic mass is 10.1. The molecule has 0 radical (unpaired) electrons. The van der Waals surface area contributed by atoms with Gasteiger partial charge >= 0.3 is 5.97 Å². The van der Waals surface area contributed by atoms with Gasteiger partial charge in [0.05, 0.1) is 11.4 Å². The molecule has 0 aliphatic carbocycles. The minimum atomic E-state index is -0.831. The fourth-order valence-electron chi connectivity index (χ4n) is 1.56. The van der Waals surface area contributed by atoms with Crippen LogP contribution in [0, 0.1) is 0 Å². The van der Waals surface area contributed by atoms with Gasteiger partial charge in [-0.05, 0) is 23.8 Å². The van der Waals surface area contributed by atoms with Crippen molar-refractivity contribution in [2.75, 3.05) is 0 Å². The standard InChI is InChI=1S/C14H11ClO2S/c15-11-6-2-4-8-13(11)18-12-7-3-1-5-10(12)9-14(16)17/h1-8H,9H2,(H,16,17). The molecule has 0 atom stereocenters. The van der Waals surface area contributed by atoms with Gasteiger partial charge < -0.3 is 5.11 Å². The van der Waals surface area contributed by atoms with E-state index in [4.69, 9.17) is 16.7 Å². The van der Waals surface area contributed by atoms with E-state index in [1.807, 2.05) is 48.5 Å². The monoisotopic (exact) mass is 278 g/mol. The largest absolute Gasteiger partial charge is 0.481 e. The van der Waals surface area contributed by atoms with E-state index in [0.717, 1.165) is 15.4 Å². The highest BCUT2D eigenvalue weighted by Crippen LogP contribution is 2.34. The Balaban J connectivity index is 2.29. The molecule has 0 aromatic heterocycles. The predicted octanol–water partition coefficient (Wildman–Crippen LogP) is 4.12. The third-order valence-electron chi connectivity index (χ3n) is 2.37. The minimum Gasteiger partial charge on any atom is -0.481 e. The van der Waals surface area contributed by atoms with Gasteiger partial charge in [0.15, 0.2) is 0 Å². The Morgan fingerprint density at radius 1 is 1.06 bits per heavy atom. The molecular weight excluding hydrogens is 268 g/mol. The quantitative estimate of drug-likeness (QED) is 0.914. The Hall–Kier alpha value is -1.45. The maximum atomic E-state index is 10.8. The second kappa shape index (κ2) is 5.94. The zero-order valence-electron chi connectivity index (χ0n) is 9.47. The molecule has 2 rings (SSSR count). The molecule has 0 saturated carbocycles. The zero-order chi connectivity index (χ0) is 13.0. The van der Waals surface area contributed by atoms with Crippen LogP contribution in [-0.4, -0.2) is 11.1 Å². The predicted molar refractivity (Wildman–Crippen MR) is 73.4 cm³/mol. The Morgan fingerprint density at radius 3 is 2.33 bits per heavy atom. The molecule has 18 heavy (non-hydrogen) atoms. The summed E-state index contributed by atoms with van der Waals surface area (Å²) in [6, 6.07) is 15.0. The average Bonchev–Trinajstić information content (AvgIpc) is 2.34. The van der Waals surface area contributed by atoms with E-state index in [0.29, 0.717) is 5.02 Å². The van der Waals surface area contributed by atoms with Crippen molar-refractivity contribution in [2.45, 2.75) is 16.2 Å². The maximum absolute atomic E-state index is 10.8. The molecule has 0 amide bonds. The van der Waals surface area contributed by atoms with Crippen molar-refractivity contribution in [1.82, 2.24) is 0 Å². The van der Waals surface area contributed by atoms with E-state index < -0.39 is 5.97 Å². The van der Waals surface area contributed by atoms with Gasteiger partial charge in [-0.25, -0.2) is 0 Å². The van der Waals surface area contributed by atoms with Crippen LogP contribution in [0.15, 0.2) is 58.3 Å². The van der Waals surface area contributed by atoms with Crippen molar-refractivity contribution in [1.29, 1.82) is 0 Å². The van der Waals surface area contributed by atoms with Crippen LogP contribution in [0.2, 0.25) is 5.02 Å². The molecule has 2 nitrogen and oxygen atoms in total. The van der Waals surface area contributed by atoms with Gasteiger partial charge in [-0.15, -0.1) is 0 Å².